The number of rotatable bonds is 7. The standard InChI is InChI=1S/C102H92N6O8S6/c103-49-53(50-104)31-65-15-17-83(117-65)85-45-79-95(119-85)71-37-62-43-77-72(38-61(62)41-75(71)99(113-79)23-7-1-8-24-99)96-80(46-86(120-96)84-18-16-66(118-84)32-54(51-105)52-106)114-101(77)27-19-55(20-28-101)56-21-29-102(30-22-56)78-44-64-39-73-76(42-63(64)40-74(78)98-82(116-102)48-88(122-98)108-90-93(111)69-35-59-13-5-6-14-60(59)36-70(69)94(90)112)100(25-9-2-10-26-100)115-81-47-87(121-97(73)81)107-89-91(109)67-33-57-11-3-4-12-58(57)34-68(67)92(89)110/h15-18,31-32,37-48,55-64,67-70H,1-14,19-30,33-36H2. The maximum atomic E-state index is 14.6. The number of carbonyl (C=O) groups is 4. The molecule has 4 spiro atoms. The summed E-state index contributed by atoms with van der Waals surface area (Å²) in [5.74, 6) is 5.20. The van der Waals surface area contributed by atoms with E-state index in [0.717, 1.165) is 232 Å². The molecule has 0 bridgehead atoms. The summed E-state index contributed by atoms with van der Waals surface area (Å²) in [5.41, 5.74) is 8.16. The molecule has 14 aliphatic carbocycles. The van der Waals surface area contributed by atoms with Gasteiger partial charge in [-0.05, 0) is 223 Å². The quantitative estimate of drug-likeness (QED) is 0.136. The molecule has 122 heavy (non-hydrogen) atoms. The number of fused-ring (bicyclic) bond motifs is 22. The Balaban J connectivity index is 0.557. The monoisotopic (exact) mass is 1720 g/mol. The van der Waals surface area contributed by atoms with Gasteiger partial charge in [0.2, 0.25) is 0 Å². The molecule has 14 nitrogen and oxygen atoms in total. The Bertz CT molecular complexity index is 6080. The summed E-state index contributed by atoms with van der Waals surface area (Å²) in [5, 5.41) is 40.0. The molecular formula is C102H92N6O8S6. The third-order valence-electron chi connectivity index (χ3n) is 32.4. The Labute approximate surface area is 734 Å². The molecule has 12 unspecified atom stereocenters. The van der Waals surface area contributed by atoms with Crippen molar-refractivity contribution in [2.45, 2.75) is 215 Å². The summed E-state index contributed by atoms with van der Waals surface area (Å²) in [6, 6.07) is 24.9. The van der Waals surface area contributed by atoms with Crippen molar-refractivity contribution in [3.05, 3.63) is 160 Å². The van der Waals surface area contributed by atoms with E-state index in [2.05, 4.69) is 78.9 Å². The minimum Gasteiger partial charge on any atom is -0.481 e. The van der Waals surface area contributed by atoms with Gasteiger partial charge in [0.05, 0.1) is 19.5 Å². The lowest BCUT2D eigenvalue weighted by Gasteiger charge is -2.51. The fraction of sp³-hybridized carbons (Fsp3) is 0.471. The van der Waals surface area contributed by atoms with Gasteiger partial charge in [-0.25, -0.2) is 9.98 Å². The summed E-state index contributed by atoms with van der Waals surface area (Å²) in [6.45, 7) is 0. The van der Waals surface area contributed by atoms with Crippen molar-refractivity contribution in [1.29, 1.82) is 21.0 Å². The lowest BCUT2D eigenvalue weighted by atomic mass is 9.61. The second-order valence-electron chi connectivity index (χ2n) is 38.6. The summed E-state index contributed by atoms with van der Waals surface area (Å²) in [7, 11) is 0. The van der Waals surface area contributed by atoms with Crippen LogP contribution in [0.3, 0.4) is 0 Å². The molecule has 10 heterocycles. The molecule has 24 rings (SSSR count). The Kier molecular flexibility index (Phi) is 18.3. The van der Waals surface area contributed by atoms with Crippen LogP contribution in [0.4, 0.5) is 10.0 Å². The van der Waals surface area contributed by atoms with Crippen molar-refractivity contribution < 1.29 is 38.1 Å². The van der Waals surface area contributed by atoms with E-state index in [1.807, 2.05) is 42.5 Å². The first-order valence-corrected chi connectivity index (χ1v) is 50.2. The second kappa shape index (κ2) is 29.2. The van der Waals surface area contributed by atoms with Gasteiger partial charge in [-0.2, -0.15) is 21.0 Å². The summed E-state index contributed by atoms with van der Waals surface area (Å²) in [6.07, 6.45) is 54.0. The van der Waals surface area contributed by atoms with Gasteiger partial charge >= 0.3 is 0 Å². The summed E-state index contributed by atoms with van der Waals surface area (Å²) >= 11 is 9.82. The molecular weight excluding hydrogens is 1630 g/mol. The molecule has 4 aliphatic heterocycles. The van der Waals surface area contributed by atoms with Crippen LogP contribution in [-0.2, 0) is 19.2 Å². The smallest absolute Gasteiger partial charge is 0.188 e. The van der Waals surface area contributed by atoms with Crippen molar-refractivity contribution in [2.24, 2.45) is 92.8 Å². The number of thiophene rings is 6. The summed E-state index contributed by atoms with van der Waals surface area (Å²) < 4.78 is 30.3. The molecule has 0 amide bonds. The van der Waals surface area contributed by atoms with Gasteiger partial charge in [0.15, 0.2) is 34.6 Å². The molecule has 12 atom stereocenters. The molecule has 6 aromatic heterocycles. The van der Waals surface area contributed by atoms with E-state index in [4.69, 9.17) is 28.9 Å². The van der Waals surface area contributed by atoms with E-state index in [1.54, 1.807) is 80.2 Å². The normalized spacial score (nSPS) is 32.8. The highest BCUT2D eigenvalue weighted by molar-refractivity contribution is 7.24. The lowest BCUT2D eigenvalue weighted by Crippen LogP contribution is -2.48. The Morgan fingerprint density at radius 2 is 0.639 bits per heavy atom. The first-order valence-electron chi connectivity index (χ1n) is 45.3. The van der Waals surface area contributed by atoms with Gasteiger partial charge in [-0.1, -0.05) is 113 Å². The maximum Gasteiger partial charge on any atom is 0.188 e. The van der Waals surface area contributed by atoms with Gasteiger partial charge < -0.3 is 18.9 Å². The van der Waals surface area contributed by atoms with E-state index in [0.29, 0.717) is 45.5 Å². The molecule has 614 valence electrons. The number of nitrogens with zero attached hydrogens (tertiary/aromatic N) is 6. The predicted octanol–water partition coefficient (Wildman–Crippen LogP) is 25.1. The average molecular weight is 1720 g/mol. The highest BCUT2D eigenvalue weighted by Gasteiger charge is 2.59. The van der Waals surface area contributed by atoms with Crippen molar-refractivity contribution in [3.63, 3.8) is 0 Å². The molecule has 0 saturated heterocycles. The molecule has 0 radical (unpaired) electrons. The van der Waals surface area contributed by atoms with Gasteiger partial charge in [-0.15, -0.1) is 68.0 Å². The van der Waals surface area contributed by atoms with E-state index >= 15 is 0 Å². The maximum absolute atomic E-state index is 14.6. The number of Topliss-reactive ketones (excluding diaryl/α,β-unsaturated/α-hetero) is 4. The first-order chi connectivity index (χ1) is 59.6. The molecule has 20 heteroatoms. The van der Waals surface area contributed by atoms with Crippen LogP contribution in [0.2, 0.25) is 0 Å². The number of nitriles is 4. The highest BCUT2D eigenvalue weighted by atomic mass is 32.1. The van der Waals surface area contributed by atoms with Crippen molar-refractivity contribution >= 4 is 147 Å². The van der Waals surface area contributed by atoms with Crippen LogP contribution in [0.15, 0.2) is 141 Å². The third-order valence-corrected chi connectivity index (χ3v) is 39.2. The highest BCUT2D eigenvalue weighted by Crippen LogP contribution is 2.66. The number of hydrogen-bond donors (Lipinski definition) is 0. The molecule has 10 fully saturated rings. The van der Waals surface area contributed by atoms with Gasteiger partial charge in [0.1, 0.15) is 90.8 Å². The number of carbonyl (C=O) groups excluding carboxylic acids is 4. The van der Waals surface area contributed by atoms with Gasteiger partial charge in [0, 0.05) is 123 Å². The fourth-order valence-corrected chi connectivity index (χ4v) is 32.8. The van der Waals surface area contributed by atoms with E-state index in [9.17, 15) is 40.2 Å². The summed E-state index contributed by atoms with van der Waals surface area (Å²) in [4.78, 5) is 78.6. The van der Waals surface area contributed by atoms with Crippen molar-refractivity contribution in [1.82, 2.24) is 0 Å². The van der Waals surface area contributed by atoms with Crippen LogP contribution in [0.1, 0.15) is 222 Å². The van der Waals surface area contributed by atoms with Crippen LogP contribution in [0.5, 0.6) is 23.0 Å². The van der Waals surface area contributed by atoms with E-state index in [1.165, 1.54) is 76.7 Å². The second-order valence-corrected chi connectivity index (χ2v) is 45.0. The minimum atomic E-state index is -0.653. The molecule has 10 saturated carbocycles. The van der Waals surface area contributed by atoms with Gasteiger partial charge in [-0.3, -0.25) is 19.2 Å². The van der Waals surface area contributed by atoms with Crippen LogP contribution < -0.4 is 18.9 Å². The average Bonchev–Trinajstić information content (AvgIpc) is 1.28. The van der Waals surface area contributed by atoms with Crippen LogP contribution >= 0.6 is 68.0 Å². The number of ketones is 4. The molecule has 6 aromatic rings. The zero-order valence-electron chi connectivity index (χ0n) is 68.1. The number of hydrogen-bond acceptors (Lipinski definition) is 20. The fourth-order valence-electron chi connectivity index (χ4n) is 26.5. The van der Waals surface area contributed by atoms with Crippen LogP contribution in [-0.4, -0.2) is 57.0 Å². The largest absolute Gasteiger partial charge is 0.481 e. The van der Waals surface area contributed by atoms with Gasteiger partial charge in [0.25, 0.3) is 0 Å². The van der Waals surface area contributed by atoms with Crippen LogP contribution in [0.25, 0.3) is 54.0 Å². The van der Waals surface area contributed by atoms with Crippen molar-refractivity contribution in [3.8, 4) is 66.8 Å². The SMILES string of the molecule is N#CC(C#N)=Cc1ccc(-c2cc3c(s2)C2=CC4C=C5C(=CC4C=C2C2(CCCCC2)O3)c2sc(-c3ccc(C=C(C#N)C#N)s3)cc2OC52CCC(C3CCC4(CC3)Oc3cc(N=C5C(=O)C6CC7CCCCC7CC6C5=O)sc3C3=CC5C=C6C(=CC5C=C34)c3sc(N=C4C(=O)C5CC7CCCCC7CC5C4=O)cc3OC63CCCCC3)CC2)s1. The number of aliphatic imine (C=N–C) groups is 2. The first kappa shape index (κ1) is 76.4. The zero-order valence-corrected chi connectivity index (χ0v) is 73.0. The predicted molar refractivity (Wildman–Crippen MR) is 482 cm³/mol. The number of ether oxygens (including phenoxy) is 4. The topological polar surface area (TPSA) is 225 Å². The lowest BCUT2D eigenvalue weighted by molar-refractivity contribution is -0.123. The Morgan fingerprint density at radius 1 is 0.336 bits per heavy atom. The Morgan fingerprint density at radius 3 is 0.959 bits per heavy atom. The zero-order chi connectivity index (χ0) is 81.8. The molecule has 0 N–H and O–H groups in total. The van der Waals surface area contributed by atoms with E-state index < -0.39 is 22.4 Å². The Hall–Kier alpha value is -9.22. The van der Waals surface area contributed by atoms with Crippen molar-refractivity contribution in [2.75, 3.05) is 0 Å². The number of allylic oxidation sites excluding steroid dienone is 10. The minimum absolute atomic E-state index is 0.000482. The molecule has 0 aromatic carbocycles. The van der Waals surface area contributed by atoms with E-state index in [-0.39, 0.29) is 93.0 Å². The van der Waals surface area contributed by atoms with Crippen LogP contribution in [0, 0.1) is 128 Å². The third kappa shape index (κ3) is 12.2. The molecule has 18 aliphatic rings.